The molecule has 0 unspecified atom stereocenters. The van der Waals surface area contributed by atoms with Gasteiger partial charge >= 0.3 is 5.97 Å². The molecule has 4 heteroatoms. The van der Waals surface area contributed by atoms with Crippen molar-refractivity contribution >= 4 is 5.97 Å². The fourth-order valence-electron chi connectivity index (χ4n) is 1.10. The van der Waals surface area contributed by atoms with Crippen molar-refractivity contribution < 1.29 is 19.3 Å². The van der Waals surface area contributed by atoms with Gasteiger partial charge in [-0.25, -0.2) is 4.79 Å². The van der Waals surface area contributed by atoms with Crippen molar-refractivity contribution in [3.8, 4) is 5.75 Å². The summed E-state index contributed by atoms with van der Waals surface area (Å²) in [5.41, 5.74) is 0.435. The number of carbonyl (C=O) groups is 1. The Bertz CT molecular complexity index is 329. The van der Waals surface area contributed by atoms with Gasteiger partial charge in [0, 0.05) is 0 Å². The van der Waals surface area contributed by atoms with Crippen molar-refractivity contribution in [2.75, 3.05) is 6.61 Å². The topological polar surface area (TPSA) is 44.8 Å². The predicted octanol–water partition coefficient (Wildman–Crippen LogP) is 2.58. The van der Waals surface area contributed by atoms with Crippen LogP contribution in [0.15, 0.2) is 24.3 Å². The lowest BCUT2D eigenvalue weighted by atomic mass is 10.2. The molecule has 0 bridgehead atoms. The highest BCUT2D eigenvalue weighted by Gasteiger charge is 2.08. The van der Waals surface area contributed by atoms with Crippen LogP contribution in [0.5, 0.6) is 5.75 Å². The van der Waals surface area contributed by atoms with Gasteiger partial charge in [-0.05, 0) is 45.0 Å². The van der Waals surface area contributed by atoms with Crippen molar-refractivity contribution in [3.05, 3.63) is 29.8 Å². The van der Waals surface area contributed by atoms with E-state index in [4.69, 9.17) is 4.74 Å². The van der Waals surface area contributed by atoms with E-state index in [2.05, 4.69) is 9.78 Å². The predicted molar refractivity (Wildman–Crippen MR) is 59.2 cm³/mol. The van der Waals surface area contributed by atoms with Crippen molar-refractivity contribution in [2.24, 2.45) is 0 Å². The lowest BCUT2D eigenvalue weighted by Crippen LogP contribution is -2.07. The van der Waals surface area contributed by atoms with Crippen LogP contribution in [0.4, 0.5) is 0 Å². The van der Waals surface area contributed by atoms with Gasteiger partial charge in [-0.2, -0.15) is 4.89 Å². The highest BCUT2D eigenvalue weighted by molar-refractivity contribution is 5.89. The van der Waals surface area contributed by atoms with Crippen LogP contribution in [0.3, 0.4) is 0 Å². The van der Waals surface area contributed by atoms with Gasteiger partial charge in [-0.1, -0.05) is 0 Å². The molecule has 0 amide bonds. The first-order valence-electron chi connectivity index (χ1n) is 5.24. The molecule has 0 aliphatic heterocycles. The van der Waals surface area contributed by atoms with Gasteiger partial charge in [0.2, 0.25) is 0 Å². The van der Waals surface area contributed by atoms with Crippen LogP contribution in [0.1, 0.15) is 31.1 Å². The van der Waals surface area contributed by atoms with Crippen LogP contribution in [0, 0.1) is 0 Å². The molecule has 1 aromatic carbocycles. The zero-order chi connectivity index (χ0) is 12.0. The van der Waals surface area contributed by atoms with Crippen molar-refractivity contribution in [1.29, 1.82) is 0 Å². The average molecular weight is 224 g/mol. The number of rotatable bonds is 5. The van der Waals surface area contributed by atoms with E-state index in [9.17, 15) is 4.79 Å². The minimum absolute atomic E-state index is 0.112. The van der Waals surface area contributed by atoms with Crippen molar-refractivity contribution in [1.82, 2.24) is 0 Å². The minimum Gasteiger partial charge on any atom is -0.491 e. The first-order chi connectivity index (χ1) is 7.63. The lowest BCUT2D eigenvalue weighted by Gasteiger charge is -2.09. The third-order valence-corrected chi connectivity index (χ3v) is 1.71. The van der Waals surface area contributed by atoms with E-state index in [0.29, 0.717) is 12.2 Å². The summed E-state index contributed by atoms with van der Waals surface area (Å²) in [6.45, 7) is 5.96. The van der Waals surface area contributed by atoms with Crippen LogP contribution in [-0.4, -0.2) is 18.7 Å². The summed E-state index contributed by atoms with van der Waals surface area (Å²) in [6.07, 6.45) is 0.112. The molecule has 0 saturated carbocycles. The van der Waals surface area contributed by atoms with E-state index in [0.717, 1.165) is 5.75 Å². The van der Waals surface area contributed by atoms with Crippen molar-refractivity contribution in [2.45, 2.75) is 26.9 Å². The second kappa shape index (κ2) is 6.12. The van der Waals surface area contributed by atoms with Crippen LogP contribution < -0.4 is 4.74 Å². The number of hydrogen-bond acceptors (Lipinski definition) is 4. The molecule has 0 N–H and O–H groups in total. The molecule has 0 heterocycles. The Morgan fingerprint density at radius 2 is 1.88 bits per heavy atom. The molecule has 0 fully saturated rings. The van der Waals surface area contributed by atoms with Gasteiger partial charge in [-0.3, -0.25) is 4.89 Å². The van der Waals surface area contributed by atoms with E-state index in [1.54, 1.807) is 31.2 Å². The molecule has 0 saturated heterocycles. The minimum atomic E-state index is -0.502. The summed E-state index contributed by atoms with van der Waals surface area (Å²) < 4.78 is 5.45. The van der Waals surface area contributed by atoms with Crippen molar-refractivity contribution in [3.63, 3.8) is 0 Å². The molecule has 0 aliphatic carbocycles. The number of benzene rings is 1. The Balaban J connectivity index is 2.60. The van der Waals surface area contributed by atoms with E-state index >= 15 is 0 Å². The molecule has 1 aromatic rings. The first kappa shape index (κ1) is 12.5. The molecule has 4 nitrogen and oxygen atoms in total. The molecule has 0 radical (unpaired) electrons. The lowest BCUT2D eigenvalue weighted by molar-refractivity contribution is -0.236. The highest BCUT2D eigenvalue weighted by atomic mass is 17.2. The molecule has 0 spiro atoms. The summed E-state index contributed by atoms with van der Waals surface area (Å²) in [7, 11) is 0. The molecule has 0 aliphatic rings. The second-order valence-corrected chi connectivity index (χ2v) is 3.47. The van der Waals surface area contributed by atoms with E-state index < -0.39 is 5.97 Å². The van der Waals surface area contributed by atoms with Gasteiger partial charge in [0.15, 0.2) is 0 Å². The quantitative estimate of drug-likeness (QED) is 0.569. The SMILES string of the molecule is CCOOC(=O)c1ccc(OC(C)C)cc1. The van der Waals surface area contributed by atoms with E-state index in [1.807, 2.05) is 13.8 Å². The molecule has 0 aromatic heterocycles. The Labute approximate surface area is 95.1 Å². The maximum atomic E-state index is 11.3. The zero-order valence-corrected chi connectivity index (χ0v) is 9.73. The average Bonchev–Trinajstić information content (AvgIpc) is 2.26. The smallest absolute Gasteiger partial charge is 0.373 e. The summed E-state index contributed by atoms with van der Waals surface area (Å²) in [5, 5.41) is 0. The van der Waals surface area contributed by atoms with Crippen LogP contribution in [-0.2, 0) is 9.78 Å². The normalized spacial score (nSPS) is 10.2. The molecule has 16 heavy (non-hydrogen) atoms. The standard InChI is InChI=1S/C12H16O4/c1-4-14-16-12(13)10-5-7-11(8-6-10)15-9(2)3/h5-9H,4H2,1-3H3. The number of ether oxygens (including phenoxy) is 1. The van der Waals surface area contributed by atoms with E-state index in [1.165, 1.54) is 0 Å². The van der Waals surface area contributed by atoms with Gasteiger partial charge in [-0.15, -0.1) is 0 Å². The number of hydrogen-bond donors (Lipinski definition) is 0. The molecular formula is C12H16O4. The highest BCUT2D eigenvalue weighted by Crippen LogP contribution is 2.14. The monoisotopic (exact) mass is 224 g/mol. The Morgan fingerprint density at radius 1 is 1.25 bits per heavy atom. The van der Waals surface area contributed by atoms with Crippen LogP contribution in [0.25, 0.3) is 0 Å². The van der Waals surface area contributed by atoms with Gasteiger partial charge in [0.1, 0.15) is 5.75 Å². The third kappa shape index (κ3) is 3.90. The fraction of sp³-hybridized carbons (Fsp3) is 0.417. The molecular weight excluding hydrogens is 208 g/mol. The second-order valence-electron chi connectivity index (χ2n) is 3.47. The number of carbonyl (C=O) groups excluding carboxylic acids is 1. The van der Waals surface area contributed by atoms with Gasteiger partial charge in [0.25, 0.3) is 0 Å². The van der Waals surface area contributed by atoms with E-state index in [-0.39, 0.29) is 6.10 Å². The largest absolute Gasteiger partial charge is 0.491 e. The zero-order valence-electron chi connectivity index (χ0n) is 9.73. The Hall–Kier alpha value is -1.55. The maximum absolute atomic E-state index is 11.3. The summed E-state index contributed by atoms with van der Waals surface area (Å²) in [6, 6.07) is 6.73. The summed E-state index contributed by atoms with van der Waals surface area (Å²) in [5.74, 6) is 0.223. The molecule has 88 valence electrons. The van der Waals surface area contributed by atoms with Gasteiger partial charge in [0.05, 0.1) is 18.3 Å². The summed E-state index contributed by atoms with van der Waals surface area (Å²) in [4.78, 5) is 20.4. The maximum Gasteiger partial charge on any atom is 0.373 e. The summed E-state index contributed by atoms with van der Waals surface area (Å²) >= 11 is 0. The van der Waals surface area contributed by atoms with Crippen LogP contribution >= 0.6 is 0 Å². The van der Waals surface area contributed by atoms with Crippen LogP contribution in [0.2, 0.25) is 0 Å². The Kier molecular flexibility index (Phi) is 4.79. The third-order valence-electron chi connectivity index (χ3n) is 1.71. The van der Waals surface area contributed by atoms with Gasteiger partial charge < -0.3 is 4.74 Å². The Morgan fingerprint density at radius 3 is 2.38 bits per heavy atom. The molecule has 0 atom stereocenters. The first-order valence-corrected chi connectivity index (χ1v) is 5.24. The molecule has 1 rings (SSSR count). The fourth-order valence-corrected chi connectivity index (χ4v) is 1.10.